The number of amides is 3. The molecule has 32 heavy (non-hydrogen) atoms. The lowest BCUT2D eigenvalue weighted by Gasteiger charge is -2.36. The third-order valence-electron chi connectivity index (χ3n) is 5.73. The Morgan fingerprint density at radius 3 is 2.50 bits per heavy atom. The van der Waals surface area contributed by atoms with Gasteiger partial charge in [0, 0.05) is 24.5 Å². The average molecular weight is 454 g/mol. The molecule has 168 valence electrons. The van der Waals surface area contributed by atoms with Crippen molar-refractivity contribution in [1.29, 1.82) is 0 Å². The van der Waals surface area contributed by atoms with E-state index in [0.29, 0.717) is 25.3 Å². The Bertz CT molecular complexity index is 989. The normalized spacial score (nSPS) is 18.2. The van der Waals surface area contributed by atoms with Crippen molar-refractivity contribution in [2.24, 2.45) is 0 Å². The predicted molar refractivity (Wildman–Crippen MR) is 124 cm³/mol. The Kier molecular flexibility index (Phi) is 6.99. The van der Waals surface area contributed by atoms with Gasteiger partial charge >= 0.3 is 0 Å². The Labute approximate surface area is 192 Å². The van der Waals surface area contributed by atoms with Crippen LogP contribution in [0.25, 0.3) is 0 Å². The third kappa shape index (κ3) is 4.91. The second-order valence-corrected chi connectivity index (χ2v) is 9.05. The summed E-state index contributed by atoms with van der Waals surface area (Å²) in [6, 6.07) is 14.9. The highest BCUT2D eigenvalue weighted by molar-refractivity contribution is 8.01. The molecule has 8 heteroatoms. The molecule has 2 aliphatic heterocycles. The summed E-state index contributed by atoms with van der Waals surface area (Å²) < 4.78 is 5.15. The highest BCUT2D eigenvalue weighted by Crippen LogP contribution is 2.39. The zero-order valence-corrected chi connectivity index (χ0v) is 18.9. The molecule has 0 aliphatic carbocycles. The molecule has 0 saturated carbocycles. The van der Waals surface area contributed by atoms with Crippen LogP contribution in [0.2, 0.25) is 0 Å². The van der Waals surface area contributed by atoms with Crippen LogP contribution in [0.5, 0.6) is 5.75 Å². The summed E-state index contributed by atoms with van der Waals surface area (Å²) >= 11 is 1.29. The van der Waals surface area contributed by atoms with E-state index >= 15 is 0 Å². The molecule has 0 bridgehead atoms. The van der Waals surface area contributed by atoms with Gasteiger partial charge in [-0.2, -0.15) is 0 Å². The summed E-state index contributed by atoms with van der Waals surface area (Å²) in [7, 11) is 1.60. The van der Waals surface area contributed by atoms with Crippen LogP contribution < -0.4 is 15.0 Å². The fourth-order valence-corrected chi connectivity index (χ4v) is 5.15. The van der Waals surface area contributed by atoms with E-state index in [1.54, 1.807) is 12.0 Å². The number of anilines is 1. The van der Waals surface area contributed by atoms with Crippen LogP contribution >= 0.6 is 11.8 Å². The lowest BCUT2D eigenvalue weighted by Crippen LogP contribution is -2.52. The van der Waals surface area contributed by atoms with Crippen molar-refractivity contribution in [1.82, 2.24) is 10.2 Å². The number of hydrogen-bond acceptors (Lipinski definition) is 5. The van der Waals surface area contributed by atoms with E-state index in [9.17, 15) is 14.4 Å². The van der Waals surface area contributed by atoms with Crippen molar-refractivity contribution in [2.75, 3.05) is 31.6 Å². The van der Waals surface area contributed by atoms with Gasteiger partial charge in [0.05, 0.1) is 12.8 Å². The van der Waals surface area contributed by atoms with Crippen LogP contribution in [0.15, 0.2) is 53.4 Å². The first-order valence-electron chi connectivity index (χ1n) is 10.8. The first-order valence-corrected chi connectivity index (χ1v) is 11.7. The van der Waals surface area contributed by atoms with E-state index in [1.807, 2.05) is 48.5 Å². The molecule has 4 rings (SSSR count). The van der Waals surface area contributed by atoms with Gasteiger partial charge in [-0.15, -0.1) is 11.8 Å². The number of nitrogens with one attached hydrogen (secondary N) is 1. The molecule has 1 unspecified atom stereocenters. The predicted octanol–water partition coefficient (Wildman–Crippen LogP) is 2.83. The smallest absolute Gasteiger partial charge is 0.250 e. The van der Waals surface area contributed by atoms with Crippen LogP contribution in [-0.2, 0) is 20.9 Å². The number of para-hydroxylation sites is 1. The molecule has 3 amide bonds. The Balaban J connectivity index is 1.46. The molecule has 1 atom stereocenters. The van der Waals surface area contributed by atoms with Crippen LogP contribution in [-0.4, -0.2) is 54.6 Å². The standard InChI is InChI=1S/C24H27N3O4S/c1-31-18-11-9-17(10-12-18)15-25-21(28)16-27-19-7-3-4-8-20(19)32-22(24(27)30)23(29)26-13-5-2-6-14-26/h3-4,7-12,22H,2,5-6,13-16H2,1H3,(H,25,28). The van der Waals surface area contributed by atoms with Crippen LogP contribution in [0.4, 0.5) is 5.69 Å². The fourth-order valence-electron chi connectivity index (χ4n) is 3.96. The van der Waals surface area contributed by atoms with E-state index in [4.69, 9.17) is 4.74 Å². The fraction of sp³-hybridized carbons (Fsp3) is 0.375. The molecule has 2 heterocycles. The maximum Gasteiger partial charge on any atom is 0.250 e. The largest absolute Gasteiger partial charge is 0.497 e. The summed E-state index contributed by atoms with van der Waals surface area (Å²) in [4.78, 5) is 43.2. The molecular weight excluding hydrogens is 426 g/mol. The number of benzene rings is 2. The lowest BCUT2D eigenvalue weighted by atomic mass is 10.1. The molecular formula is C24H27N3O4S. The molecule has 2 aromatic carbocycles. The van der Waals surface area contributed by atoms with E-state index in [-0.39, 0.29) is 24.3 Å². The highest BCUT2D eigenvalue weighted by atomic mass is 32.2. The van der Waals surface area contributed by atoms with Crippen molar-refractivity contribution in [2.45, 2.75) is 36.0 Å². The van der Waals surface area contributed by atoms with E-state index in [0.717, 1.165) is 35.5 Å². The van der Waals surface area contributed by atoms with E-state index in [1.165, 1.54) is 16.7 Å². The zero-order chi connectivity index (χ0) is 22.5. The number of piperidine rings is 1. The quantitative estimate of drug-likeness (QED) is 0.681. The molecule has 1 fully saturated rings. The number of methoxy groups -OCH3 is 1. The topological polar surface area (TPSA) is 79.0 Å². The van der Waals surface area contributed by atoms with Gasteiger partial charge in [0.15, 0.2) is 5.25 Å². The SMILES string of the molecule is COc1ccc(CNC(=O)CN2C(=O)C(C(=O)N3CCCCC3)Sc3ccccc32)cc1. The number of hydrogen-bond donors (Lipinski definition) is 1. The maximum atomic E-state index is 13.3. The molecule has 0 aromatic heterocycles. The number of nitrogens with zero attached hydrogens (tertiary/aromatic N) is 2. The zero-order valence-electron chi connectivity index (χ0n) is 18.1. The van der Waals surface area contributed by atoms with Crippen LogP contribution in [0, 0.1) is 0 Å². The Hall–Kier alpha value is -3.00. The molecule has 1 N–H and O–H groups in total. The van der Waals surface area contributed by atoms with Crippen LogP contribution in [0.1, 0.15) is 24.8 Å². The molecule has 1 saturated heterocycles. The first kappa shape index (κ1) is 22.2. The summed E-state index contributed by atoms with van der Waals surface area (Å²) in [5, 5.41) is 2.02. The first-order chi connectivity index (χ1) is 15.6. The van der Waals surface area contributed by atoms with Gasteiger partial charge in [-0.25, -0.2) is 0 Å². The molecule has 7 nitrogen and oxygen atoms in total. The number of thioether (sulfide) groups is 1. The summed E-state index contributed by atoms with van der Waals surface area (Å²) in [5.74, 6) is -0.0146. The monoisotopic (exact) mass is 453 g/mol. The maximum absolute atomic E-state index is 13.3. The summed E-state index contributed by atoms with van der Waals surface area (Å²) in [6.07, 6.45) is 3.04. The van der Waals surface area contributed by atoms with Gasteiger partial charge in [-0.1, -0.05) is 24.3 Å². The second-order valence-electron chi connectivity index (χ2n) is 7.90. The number of carbonyl (C=O) groups excluding carboxylic acids is 3. The average Bonchev–Trinajstić information content (AvgIpc) is 2.84. The minimum atomic E-state index is -0.850. The second kappa shape index (κ2) is 10.1. The summed E-state index contributed by atoms with van der Waals surface area (Å²) in [6.45, 7) is 1.59. The van der Waals surface area contributed by atoms with Gasteiger partial charge in [-0.05, 0) is 49.1 Å². The van der Waals surface area contributed by atoms with Crippen molar-refractivity contribution in [3.8, 4) is 5.75 Å². The van der Waals surface area contributed by atoms with Crippen LogP contribution in [0.3, 0.4) is 0 Å². The number of rotatable bonds is 6. The van der Waals surface area contributed by atoms with Crippen molar-refractivity contribution in [3.05, 3.63) is 54.1 Å². The van der Waals surface area contributed by atoms with Gasteiger partial charge in [-0.3, -0.25) is 14.4 Å². The van der Waals surface area contributed by atoms with Gasteiger partial charge in [0.2, 0.25) is 11.8 Å². The third-order valence-corrected chi connectivity index (χ3v) is 6.97. The number of likely N-dealkylation sites (tertiary alicyclic amines) is 1. The number of fused-ring (bicyclic) bond motifs is 1. The highest BCUT2D eigenvalue weighted by Gasteiger charge is 2.40. The Morgan fingerprint density at radius 2 is 1.78 bits per heavy atom. The minimum Gasteiger partial charge on any atom is -0.497 e. The number of ether oxygens (including phenoxy) is 1. The minimum absolute atomic E-state index is 0.129. The van der Waals surface area contributed by atoms with Crippen molar-refractivity contribution >= 4 is 35.2 Å². The number of carbonyl (C=O) groups is 3. The van der Waals surface area contributed by atoms with Gasteiger partial charge < -0.3 is 19.9 Å². The molecule has 2 aromatic rings. The van der Waals surface area contributed by atoms with Gasteiger partial charge in [0.1, 0.15) is 12.3 Å². The van der Waals surface area contributed by atoms with Crippen molar-refractivity contribution < 1.29 is 19.1 Å². The van der Waals surface area contributed by atoms with Gasteiger partial charge in [0.25, 0.3) is 5.91 Å². The summed E-state index contributed by atoms with van der Waals surface area (Å²) in [5.41, 5.74) is 1.60. The Morgan fingerprint density at radius 1 is 1.06 bits per heavy atom. The molecule has 0 spiro atoms. The molecule has 2 aliphatic rings. The van der Waals surface area contributed by atoms with Crippen molar-refractivity contribution in [3.63, 3.8) is 0 Å². The van der Waals surface area contributed by atoms with E-state index in [2.05, 4.69) is 5.32 Å². The molecule has 0 radical (unpaired) electrons. The lowest BCUT2D eigenvalue weighted by molar-refractivity contribution is -0.135. The van der Waals surface area contributed by atoms with E-state index < -0.39 is 5.25 Å².